The van der Waals surface area contributed by atoms with Crippen LogP contribution in [0.15, 0.2) is 53.2 Å². The molecule has 5 rings (SSSR count). The van der Waals surface area contributed by atoms with Crippen molar-refractivity contribution in [1.82, 2.24) is 14.7 Å². The molecule has 3 saturated heterocycles. The van der Waals surface area contributed by atoms with Crippen LogP contribution in [0.2, 0.25) is 0 Å². The van der Waals surface area contributed by atoms with Gasteiger partial charge in [-0.1, -0.05) is 38.1 Å². The van der Waals surface area contributed by atoms with E-state index in [9.17, 15) is 4.79 Å². The van der Waals surface area contributed by atoms with E-state index < -0.39 is 0 Å². The van der Waals surface area contributed by atoms with Gasteiger partial charge in [-0.05, 0) is 63.2 Å². The summed E-state index contributed by atoms with van der Waals surface area (Å²) in [6, 6.07) is 9.01. The van der Waals surface area contributed by atoms with E-state index in [4.69, 9.17) is 15.2 Å². The number of hydrogen-bond acceptors (Lipinski definition) is 9. The molecule has 0 aliphatic carbocycles. The molecule has 0 aromatic heterocycles. The van der Waals surface area contributed by atoms with E-state index >= 15 is 0 Å². The van der Waals surface area contributed by atoms with Gasteiger partial charge in [0.2, 0.25) is 12.3 Å². The number of hydrogen-bond donors (Lipinski definition) is 1. The molecule has 1 aromatic carbocycles. The average molecular weight is 610 g/mol. The number of carbonyl (C=O) groups excluding carboxylic acids is 1. The summed E-state index contributed by atoms with van der Waals surface area (Å²) in [5.74, 6) is 0.439. The van der Waals surface area contributed by atoms with E-state index in [1.807, 2.05) is 33.1 Å². The number of nitrogens with zero attached hydrogens (tertiary/aromatic N) is 6. The van der Waals surface area contributed by atoms with Gasteiger partial charge in [-0.2, -0.15) is 0 Å². The molecule has 2 N–H and O–H groups in total. The van der Waals surface area contributed by atoms with Crippen LogP contribution in [0.25, 0.3) is 0 Å². The first-order valence-electron chi connectivity index (χ1n) is 16.6. The smallest absolute Gasteiger partial charge is 0.225 e. The van der Waals surface area contributed by atoms with Crippen molar-refractivity contribution >= 4 is 24.0 Å². The summed E-state index contributed by atoms with van der Waals surface area (Å²) < 4.78 is 11.7. The molecule has 4 aliphatic rings. The minimum atomic E-state index is -0.130. The highest BCUT2D eigenvalue weighted by atomic mass is 16.5. The van der Waals surface area contributed by atoms with Gasteiger partial charge >= 0.3 is 0 Å². The van der Waals surface area contributed by atoms with E-state index in [2.05, 4.69) is 60.5 Å². The van der Waals surface area contributed by atoms with Crippen LogP contribution >= 0.6 is 0 Å². The Labute approximate surface area is 265 Å². The largest absolute Gasteiger partial charge is 0.379 e. The Balaban J connectivity index is 0.00000216. The lowest BCUT2D eigenvalue weighted by Gasteiger charge is -2.42. The first kappa shape index (κ1) is 34.1. The van der Waals surface area contributed by atoms with Gasteiger partial charge in [-0.3, -0.25) is 19.6 Å². The minimum Gasteiger partial charge on any atom is -0.379 e. The van der Waals surface area contributed by atoms with Crippen molar-refractivity contribution in [2.75, 3.05) is 95.6 Å². The number of morpholine rings is 1. The fourth-order valence-corrected chi connectivity index (χ4v) is 6.93. The van der Waals surface area contributed by atoms with Crippen molar-refractivity contribution in [1.29, 1.82) is 0 Å². The number of amides is 1. The number of likely N-dealkylation sites (tertiary alicyclic amines) is 2. The maximum atomic E-state index is 13.5. The second-order valence-electron chi connectivity index (χ2n) is 11.7. The van der Waals surface area contributed by atoms with E-state index in [-0.39, 0.29) is 12.3 Å². The fourth-order valence-electron chi connectivity index (χ4n) is 6.93. The second-order valence-corrected chi connectivity index (χ2v) is 11.7. The topological polar surface area (TPSA) is 90.1 Å². The van der Waals surface area contributed by atoms with E-state index in [0.29, 0.717) is 18.5 Å². The van der Waals surface area contributed by atoms with Crippen LogP contribution in [-0.4, -0.2) is 125 Å². The first-order chi connectivity index (χ1) is 21.6. The van der Waals surface area contributed by atoms with Gasteiger partial charge in [0.25, 0.3) is 0 Å². The number of rotatable bonds is 11. The molecule has 1 unspecified atom stereocenters. The van der Waals surface area contributed by atoms with Gasteiger partial charge in [0.1, 0.15) is 0 Å². The lowest BCUT2D eigenvalue weighted by atomic mass is 9.93. The van der Waals surface area contributed by atoms with Crippen LogP contribution in [0.1, 0.15) is 39.5 Å². The zero-order valence-corrected chi connectivity index (χ0v) is 27.3. The third kappa shape index (κ3) is 8.48. The first-order valence-corrected chi connectivity index (χ1v) is 16.6. The maximum absolute atomic E-state index is 13.5. The molecule has 1 aromatic rings. The third-order valence-corrected chi connectivity index (χ3v) is 9.18. The molecule has 10 nitrogen and oxygen atoms in total. The van der Waals surface area contributed by atoms with E-state index in [1.54, 1.807) is 6.20 Å². The molecule has 0 spiro atoms. The SMILES string of the molecule is C=N/C=C(\C=C/CN)CN1CCC(C(=O)N2CCC(N3c4ccccc4N(CCN4CCOCC4)C3OC)CC2)CC1.CC. The zero-order chi connectivity index (χ0) is 31.3. The van der Waals surface area contributed by atoms with Crippen LogP contribution in [0.5, 0.6) is 0 Å². The van der Waals surface area contributed by atoms with Gasteiger partial charge in [-0.25, -0.2) is 0 Å². The summed E-state index contributed by atoms with van der Waals surface area (Å²) in [5, 5.41) is 0. The van der Waals surface area contributed by atoms with Crippen LogP contribution in [-0.2, 0) is 14.3 Å². The standard InChI is InChI=1S/C32H49N7O3.C2H6/c1-34-24-26(6-5-13-33)25-36-14-9-27(10-15-36)31(40)37-16-11-28(12-17-37)39-30-8-4-3-7-29(30)38(32(39)41-2)19-18-35-20-22-42-23-21-35;1-2/h3-8,24,27-28,32H,1,9-23,25,33H2,2H3;1-2H3/b6-5-,26-24+;. The van der Waals surface area contributed by atoms with Crippen molar-refractivity contribution in [3.8, 4) is 0 Å². The number of nitrogens with two attached hydrogens (primary N) is 1. The molecule has 1 atom stereocenters. The predicted octanol–water partition coefficient (Wildman–Crippen LogP) is 3.40. The molecule has 10 heteroatoms. The maximum Gasteiger partial charge on any atom is 0.225 e. The van der Waals surface area contributed by atoms with Crippen LogP contribution in [0.3, 0.4) is 0 Å². The Bertz CT molecular complexity index is 1090. The Morgan fingerprint density at radius 3 is 2.32 bits per heavy atom. The number of aliphatic imine (C=N–C) groups is 1. The number of fused-ring (bicyclic) bond motifs is 1. The molecule has 244 valence electrons. The van der Waals surface area contributed by atoms with Crippen molar-refractivity contribution in [2.24, 2.45) is 16.6 Å². The molecule has 44 heavy (non-hydrogen) atoms. The van der Waals surface area contributed by atoms with Crippen molar-refractivity contribution in [2.45, 2.75) is 51.9 Å². The number of anilines is 2. The molecular weight excluding hydrogens is 554 g/mol. The molecule has 1 amide bonds. The molecule has 4 aliphatic heterocycles. The van der Waals surface area contributed by atoms with Gasteiger partial charge in [0.15, 0.2) is 0 Å². The molecular formula is C34H55N7O3. The molecule has 0 radical (unpaired) electrons. The minimum absolute atomic E-state index is 0.109. The number of carbonyl (C=O) groups is 1. The van der Waals surface area contributed by atoms with Gasteiger partial charge in [-0.15, -0.1) is 0 Å². The molecule has 4 heterocycles. The Hall–Kier alpha value is -2.76. The van der Waals surface area contributed by atoms with Gasteiger partial charge in [0, 0.05) is 77.6 Å². The molecule has 3 fully saturated rings. The number of benzene rings is 1. The van der Waals surface area contributed by atoms with Gasteiger partial charge in [0.05, 0.1) is 24.6 Å². The van der Waals surface area contributed by atoms with Crippen molar-refractivity contribution in [3.63, 3.8) is 0 Å². The summed E-state index contributed by atoms with van der Waals surface area (Å²) in [5.41, 5.74) is 9.20. The normalized spacial score (nSPS) is 22.7. The second kappa shape index (κ2) is 17.7. The number of methoxy groups -OCH3 is 1. The highest BCUT2D eigenvalue weighted by Gasteiger charge is 2.41. The summed E-state index contributed by atoms with van der Waals surface area (Å²) in [6.07, 6.45) is 9.33. The number of para-hydroxylation sites is 2. The molecule has 0 saturated carbocycles. The lowest BCUT2D eigenvalue weighted by molar-refractivity contribution is -0.138. The zero-order valence-electron chi connectivity index (χ0n) is 27.3. The van der Waals surface area contributed by atoms with E-state index in [1.165, 1.54) is 11.4 Å². The summed E-state index contributed by atoms with van der Waals surface area (Å²) in [6.45, 7) is 17.8. The van der Waals surface area contributed by atoms with E-state index in [0.717, 1.165) is 103 Å². The highest BCUT2D eigenvalue weighted by molar-refractivity contribution is 5.80. The van der Waals surface area contributed by atoms with Crippen LogP contribution in [0.4, 0.5) is 11.4 Å². The number of ether oxygens (including phenoxy) is 2. The Morgan fingerprint density at radius 1 is 1.00 bits per heavy atom. The molecule has 0 bridgehead atoms. The monoisotopic (exact) mass is 609 g/mol. The quantitative estimate of drug-likeness (QED) is 0.302. The predicted molar refractivity (Wildman–Crippen MR) is 180 cm³/mol. The Kier molecular flexibility index (Phi) is 13.7. The fraction of sp³-hybridized carbons (Fsp3) is 0.647. The lowest BCUT2D eigenvalue weighted by Crippen LogP contribution is -2.55. The van der Waals surface area contributed by atoms with Crippen molar-refractivity contribution in [3.05, 3.63) is 48.2 Å². The summed E-state index contributed by atoms with van der Waals surface area (Å²) >= 11 is 0. The average Bonchev–Trinajstić information content (AvgIpc) is 3.41. The third-order valence-electron chi connectivity index (χ3n) is 9.18. The number of piperidine rings is 2. The van der Waals surface area contributed by atoms with Crippen LogP contribution < -0.4 is 15.5 Å². The van der Waals surface area contributed by atoms with Crippen molar-refractivity contribution < 1.29 is 14.3 Å². The Morgan fingerprint density at radius 2 is 1.68 bits per heavy atom. The van der Waals surface area contributed by atoms with Crippen LogP contribution in [0, 0.1) is 5.92 Å². The summed E-state index contributed by atoms with van der Waals surface area (Å²) in [4.78, 5) is 29.4. The van der Waals surface area contributed by atoms with Gasteiger partial charge < -0.3 is 29.9 Å². The summed E-state index contributed by atoms with van der Waals surface area (Å²) in [7, 11) is 1.82. The highest BCUT2D eigenvalue weighted by Crippen LogP contribution is 2.42.